The Hall–Kier alpha value is -8.24. The summed E-state index contributed by atoms with van der Waals surface area (Å²) in [6.45, 7) is 0. The molecule has 11 aromatic carbocycles. The van der Waals surface area contributed by atoms with Gasteiger partial charge in [-0.25, -0.2) is 0 Å². The molecule has 0 aliphatic rings. The third-order valence-electron chi connectivity index (χ3n) is 13.1. The summed E-state index contributed by atoms with van der Waals surface area (Å²) in [5.74, 6) is 0. The lowest BCUT2D eigenvalue weighted by atomic mass is 9.95. The smallest absolute Gasteiger partial charge is 0.0541 e. The van der Waals surface area contributed by atoms with Crippen molar-refractivity contribution in [3.63, 3.8) is 0 Å². The molecule has 13 aromatic rings. The highest BCUT2D eigenvalue weighted by Crippen LogP contribution is 2.43. The van der Waals surface area contributed by atoms with Crippen LogP contribution >= 0.6 is 11.3 Å². The normalized spacial score (nSPS) is 11.7. The lowest BCUT2D eigenvalue weighted by Gasteiger charge is -2.27. The molecular formula is C62H40N2S. The molecule has 0 unspecified atom stereocenters. The lowest BCUT2D eigenvalue weighted by Crippen LogP contribution is -2.10. The van der Waals surface area contributed by atoms with Crippen LogP contribution in [0.25, 0.3) is 103 Å². The fourth-order valence-electron chi connectivity index (χ4n) is 9.92. The number of benzene rings is 11. The van der Waals surface area contributed by atoms with E-state index in [0.29, 0.717) is 0 Å². The van der Waals surface area contributed by atoms with E-state index in [1.54, 1.807) is 0 Å². The number of hydrogen-bond acceptors (Lipinski definition) is 2. The monoisotopic (exact) mass is 844 g/mol. The van der Waals surface area contributed by atoms with Crippen LogP contribution < -0.4 is 4.90 Å². The summed E-state index contributed by atoms with van der Waals surface area (Å²) in [7, 11) is 0. The van der Waals surface area contributed by atoms with Crippen LogP contribution in [-0.4, -0.2) is 4.57 Å². The molecule has 0 saturated carbocycles. The first kappa shape index (κ1) is 37.3. The molecule has 304 valence electrons. The number of thiophene rings is 1. The topological polar surface area (TPSA) is 8.17 Å². The van der Waals surface area contributed by atoms with Crippen molar-refractivity contribution in [2.24, 2.45) is 0 Å². The van der Waals surface area contributed by atoms with Crippen molar-refractivity contribution in [3.8, 4) is 39.1 Å². The standard InChI is InChI=1S/C62H40N2S/c1-2-16-51(17-3-1)63(52-29-24-43(25-30-52)46-23-22-41-12-4-6-14-44(41)34-46)54-37-49(35-50(38-54)48-28-33-62-58(40-48)56-19-9-11-21-61(56)65-62)47-27-32-60-57(39-47)55-18-8-10-20-59(55)64(60)53-31-26-42-13-5-7-15-45(42)36-53/h1-40H. The Bertz CT molecular complexity index is 3950. The number of fused-ring (bicyclic) bond motifs is 8. The predicted octanol–water partition coefficient (Wildman–Crippen LogP) is 17.9. The van der Waals surface area contributed by atoms with Crippen LogP contribution in [-0.2, 0) is 0 Å². The molecule has 0 fully saturated rings. The molecule has 0 aliphatic carbocycles. The van der Waals surface area contributed by atoms with Crippen LogP contribution in [0.1, 0.15) is 0 Å². The number of anilines is 3. The third kappa shape index (κ3) is 6.48. The number of para-hydroxylation sites is 2. The predicted molar refractivity (Wildman–Crippen MR) is 280 cm³/mol. The minimum absolute atomic E-state index is 1.09. The van der Waals surface area contributed by atoms with Gasteiger partial charge < -0.3 is 9.47 Å². The van der Waals surface area contributed by atoms with Gasteiger partial charge in [0.25, 0.3) is 0 Å². The zero-order chi connectivity index (χ0) is 42.8. The highest BCUT2D eigenvalue weighted by molar-refractivity contribution is 7.25. The Kier molecular flexibility index (Phi) is 8.75. The molecule has 0 saturated heterocycles. The highest BCUT2D eigenvalue weighted by atomic mass is 32.1. The maximum Gasteiger partial charge on any atom is 0.0541 e. The van der Waals surface area contributed by atoms with Gasteiger partial charge in [0.05, 0.1) is 11.0 Å². The Morgan fingerprint density at radius 2 is 0.815 bits per heavy atom. The van der Waals surface area contributed by atoms with Crippen LogP contribution in [0.15, 0.2) is 243 Å². The van der Waals surface area contributed by atoms with Crippen LogP contribution in [0.3, 0.4) is 0 Å². The van der Waals surface area contributed by atoms with E-state index in [0.717, 1.165) is 28.3 Å². The molecule has 0 radical (unpaired) electrons. The Morgan fingerprint density at radius 3 is 1.60 bits per heavy atom. The molecule has 0 atom stereocenters. The summed E-state index contributed by atoms with van der Waals surface area (Å²) >= 11 is 1.86. The molecule has 0 amide bonds. The third-order valence-corrected chi connectivity index (χ3v) is 14.3. The molecule has 2 heterocycles. The Labute approximate surface area is 381 Å². The first-order valence-corrected chi connectivity index (χ1v) is 23.0. The van der Waals surface area contributed by atoms with Crippen molar-refractivity contribution < 1.29 is 0 Å². The van der Waals surface area contributed by atoms with E-state index in [4.69, 9.17) is 0 Å². The minimum Gasteiger partial charge on any atom is -0.310 e. The van der Waals surface area contributed by atoms with Gasteiger partial charge in [0.2, 0.25) is 0 Å². The average molecular weight is 845 g/mol. The van der Waals surface area contributed by atoms with Gasteiger partial charge in [0.15, 0.2) is 0 Å². The van der Waals surface area contributed by atoms with E-state index in [2.05, 4.69) is 252 Å². The highest BCUT2D eigenvalue weighted by Gasteiger charge is 2.19. The molecule has 0 aliphatic heterocycles. The first-order chi connectivity index (χ1) is 32.2. The fraction of sp³-hybridized carbons (Fsp3) is 0. The Morgan fingerprint density at radius 1 is 0.277 bits per heavy atom. The molecular weight excluding hydrogens is 805 g/mol. The maximum atomic E-state index is 2.42. The van der Waals surface area contributed by atoms with Gasteiger partial charge >= 0.3 is 0 Å². The van der Waals surface area contributed by atoms with Crippen LogP contribution in [0.2, 0.25) is 0 Å². The van der Waals surface area contributed by atoms with E-state index in [1.807, 2.05) is 11.3 Å². The SMILES string of the molecule is c1ccc(N(c2ccc(-c3ccc4ccccc4c3)cc2)c2cc(-c3ccc4sc5ccccc5c4c3)cc(-c3ccc4c(c3)c3ccccc3n4-c3ccc4ccccc4c3)c2)cc1. The fourth-order valence-corrected chi connectivity index (χ4v) is 11.0. The van der Waals surface area contributed by atoms with E-state index in [-0.39, 0.29) is 0 Å². The van der Waals surface area contributed by atoms with Gasteiger partial charge in [-0.2, -0.15) is 0 Å². The van der Waals surface area contributed by atoms with Crippen molar-refractivity contribution in [2.75, 3.05) is 4.90 Å². The molecule has 0 N–H and O–H groups in total. The maximum absolute atomic E-state index is 2.42. The van der Waals surface area contributed by atoms with Gasteiger partial charge in [0.1, 0.15) is 0 Å². The zero-order valence-electron chi connectivity index (χ0n) is 35.4. The van der Waals surface area contributed by atoms with E-state index in [1.165, 1.54) is 91.3 Å². The van der Waals surface area contributed by atoms with Crippen LogP contribution in [0.4, 0.5) is 17.1 Å². The second-order valence-corrected chi connectivity index (χ2v) is 18.1. The number of nitrogens with zero attached hydrogens (tertiary/aromatic N) is 2. The number of rotatable bonds is 7. The molecule has 2 nitrogen and oxygen atoms in total. The summed E-state index contributed by atoms with van der Waals surface area (Å²) in [6, 6.07) is 89.2. The quantitative estimate of drug-likeness (QED) is 0.155. The molecule has 0 bridgehead atoms. The van der Waals surface area contributed by atoms with Gasteiger partial charge in [-0.15, -0.1) is 11.3 Å². The second-order valence-electron chi connectivity index (χ2n) is 17.0. The van der Waals surface area contributed by atoms with E-state index >= 15 is 0 Å². The summed E-state index contributed by atoms with van der Waals surface area (Å²) in [5.41, 5.74) is 13.9. The molecule has 13 rings (SSSR count). The summed E-state index contributed by atoms with van der Waals surface area (Å²) in [4.78, 5) is 2.40. The van der Waals surface area contributed by atoms with E-state index < -0.39 is 0 Å². The molecule has 2 aromatic heterocycles. The Balaban J connectivity index is 1.000. The van der Waals surface area contributed by atoms with Crippen molar-refractivity contribution in [1.82, 2.24) is 4.57 Å². The van der Waals surface area contributed by atoms with Gasteiger partial charge in [-0.3, -0.25) is 0 Å². The molecule has 3 heteroatoms. The lowest BCUT2D eigenvalue weighted by molar-refractivity contribution is 1.19. The summed E-state index contributed by atoms with van der Waals surface area (Å²) in [5, 5.41) is 10.0. The van der Waals surface area contributed by atoms with Gasteiger partial charge in [0, 0.05) is 53.7 Å². The van der Waals surface area contributed by atoms with Crippen molar-refractivity contribution in [1.29, 1.82) is 0 Å². The van der Waals surface area contributed by atoms with E-state index in [9.17, 15) is 0 Å². The average Bonchev–Trinajstić information content (AvgIpc) is 3.92. The largest absolute Gasteiger partial charge is 0.310 e. The summed E-state index contributed by atoms with van der Waals surface area (Å²) in [6.07, 6.45) is 0. The van der Waals surface area contributed by atoms with Crippen molar-refractivity contribution in [3.05, 3.63) is 243 Å². The molecule has 0 spiro atoms. The zero-order valence-corrected chi connectivity index (χ0v) is 36.2. The second kappa shape index (κ2) is 15.2. The number of aromatic nitrogens is 1. The van der Waals surface area contributed by atoms with Gasteiger partial charge in [-0.05, 0) is 152 Å². The van der Waals surface area contributed by atoms with Crippen LogP contribution in [0, 0.1) is 0 Å². The summed E-state index contributed by atoms with van der Waals surface area (Å²) < 4.78 is 5.03. The van der Waals surface area contributed by atoms with Crippen molar-refractivity contribution >= 4 is 91.9 Å². The first-order valence-electron chi connectivity index (χ1n) is 22.2. The molecule has 65 heavy (non-hydrogen) atoms. The minimum atomic E-state index is 1.09. The van der Waals surface area contributed by atoms with Gasteiger partial charge in [-0.1, -0.05) is 146 Å². The number of hydrogen-bond donors (Lipinski definition) is 0. The van der Waals surface area contributed by atoms with Crippen molar-refractivity contribution in [2.45, 2.75) is 0 Å². The van der Waals surface area contributed by atoms with Crippen LogP contribution in [0.5, 0.6) is 0 Å².